The fourth-order valence-electron chi connectivity index (χ4n) is 1.84. The number of nitrogens with two attached hydrogens (primary N) is 1. The van der Waals surface area contributed by atoms with Crippen LogP contribution in [0.2, 0.25) is 0 Å². The monoisotopic (exact) mass is 112 g/mol. The molecule has 1 atom stereocenters. The maximum Gasteiger partial charge on any atom is 0.0250 e. The van der Waals surface area contributed by atoms with Crippen LogP contribution >= 0.6 is 0 Å². The Morgan fingerprint density at radius 3 is 2.25 bits per heavy atom. The second-order valence-corrected chi connectivity index (χ2v) is 3.07. The molecule has 2 aliphatic heterocycles. The minimum Gasteiger partial charge on any atom is -0.268 e. The maximum atomic E-state index is 5.70. The standard InChI is InChI=1S/C6H12N2/c1-4-5-2-6(3-5)8(4)7/h4-6H,2-3,7H2,1H3/t4-,5?,6?/m1/s1. The summed E-state index contributed by atoms with van der Waals surface area (Å²) in [5.41, 5.74) is 0. The molecule has 8 heavy (non-hydrogen) atoms. The summed E-state index contributed by atoms with van der Waals surface area (Å²) in [6.45, 7) is 2.22. The molecule has 2 nitrogen and oxygen atoms in total. The van der Waals surface area contributed by atoms with Crippen molar-refractivity contribution in [1.29, 1.82) is 0 Å². The van der Waals surface area contributed by atoms with Gasteiger partial charge in [0, 0.05) is 12.1 Å². The van der Waals surface area contributed by atoms with Gasteiger partial charge in [0.15, 0.2) is 0 Å². The third-order valence-corrected chi connectivity index (χ3v) is 2.72. The number of fused-ring (bicyclic) bond motifs is 1. The summed E-state index contributed by atoms with van der Waals surface area (Å²) in [6.07, 6.45) is 2.72. The number of rotatable bonds is 0. The van der Waals surface area contributed by atoms with Crippen LogP contribution < -0.4 is 5.84 Å². The molecular weight excluding hydrogens is 100 g/mol. The first-order valence-corrected chi connectivity index (χ1v) is 3.32. The van der Waals surface area contributed by atoms with Gasteiger partial charge < -0.3 is 0 Å². The van der Waals surface area contributed by atoms with Gasteiger partial charge in [-0.2, -0.15) is 0 Å². The van der Waals surface area contributed by atoms with Gasteiger partial charge >= 0.3 is 0 Å². The van der Waals surface area contributed by atoms with Crippen molar-refractivity contribution in [3.63, 3.8) is 0 Å². The molecule has 0 aromatic heterocycles. The van der Waals surface area contributed by atoms with Gasteiger partial charge in [-0.25, -0.2) is 5.01 Å². The molecule has 0 spiro atoms. The summed E-state index contributed by atoms with van der Waals surface area (Å²) in [6, 6.07) is 1.41. The van der Waals surface area contributed by atoms with E-state index in [9.17, 15) is 0 Å². The van der Waals surface area contributed by atoms with E-state index in [2.05, 4.69) is 6.92 Å². The normalized spacial score (nSPS) is 54.0. The molecule has 2 heteroatoms. The lowest BCUT2D eigenvalue weighted by Gasteiger charge is -2.22. The predicted molar refractivity (Wildman–Crippen MR) is 32.0 cm³/mol. The van der Waals surface area contributed by atoms with Gasteiger partial charge in [-0.3, -0.25) is 5.84 Å². The molecule has 0 aromatic carbocycles. The minimum absolute atomic E-state index is 0.667. The second-order valence-electron chi connectivity index (χ2n) is 3.07. The lowest BCUT2D eigenvalue weighted by atomic mass is 9.83. The molecule has 3 fully saturated rings. The van der Waals surface area contributed by atoms with Gasteiger partial charge in [-0.05, 0) is 25.7 Å². The van der Waals surface area contributed by atoms with E-state index < -0.39 is 0 Å². The van der Waals surface area contributed by atoms with Crippen molar-refractivity contribution in [3.8, 4) is 0 Å². The fraction of sp³-hybridized carbons (Fsp3) is 1.00. The Morgan fingerprint density at radius 2 is 2.12 bits per heavy atom. The zero-order chi connectivity index (χ0) is 5.72. The third kappa shape index (κ3) is 0.361. The van der Waals surface area contributed by atoms with Crippen LogP contribution in [0.4, 0.5) is 0 Å². The summed E-state index contributed by atoms with van der Waals surface area (Å²) >= 11 is 0. The average molecular weight is 112 g/mol. The highest BCUT2D eigenvalue weighted by Gasteiger charge is 2.46. The zero-order valence-corrected chi connectivity index (χ0v) is 5.17. The summed E-state index contributed by atoms with van der Waals surface area (Å²) in [5, 5.41) is 2.02. The molecule has 0 unspecified atom stereocenters. The summed E-state index contributed by atoms with van der Waals surface area (Å²) in [5.74, 6) is 6.63. The van der Waals surface area contributed by atoms with Crippen molar-refractivity contribution in [2.45, 2.75) is 31.8 Å². The van der Waals surface area contributed by atoms with Crippen LogP contribution in [0.1, 0.15) is 19.8 Å². The highest BCUT2D eigenvalue weighted by atomic mass is 15.5. The van der Waals surface area contributed by atoms with Gasteiger partial charge in [0.05, 0.1) is 0 Å². The molecular formula is C6H12N2. The summed E-state index contributed by atoms with van der Waals surface area (Å²) in [7, 11) is 0. The molecule has 2 bridgehead atoms. The van der Waals surface area contributed by atoms with Crippen LogP contribution in [0, 0.1) is 5.92 Å². The highest BCUT2D eigenvalue weighted by Crippen LogP contribution is 2.43. The summed E-state index contributed by atoms with van der Waals surface area (Å²) < 4.78 is 0. The molecule has 1 saturated carbocycles. The van der Waals surface area contributed by atoms with E-state index in [1.165, 1.54) is 12.8 Å². The first-order valence-electron chi connectivity index (χ1n) is 3.32. The van der Waals surface area contributed by atoms with E-state index in [1.807, 2.05) is 5.01 Å². The number of hydrazine groups is 1. The van der Waals surface area contributed by atoms with Crippen LogP contribution in [-0.4, -0.2) is 17.1 Å². The maximum absolute atomic E-state index is 5.70. The smallest absolute Gasteiger partial charge is 0.0250 e. The molecule has 2 heterocycles. The summed E-state index contributed by atoms with van der Waals surface area (Å²) in [4.78, 5) is 0. The van der Waals surface area contributed by atoms with E-state index in [4.69, 9.17) is 5.84 Å². The Kier molecular flexibility index (Phi) is 0.746. The fourth-order valence-corrected chi connectivity index (χ4v) is 1.84. The third-order valence-electron chi connectivity index (χ3n) is 2.72. The topological polar surface area (TPSA) is 29.3 Å². The van der Waals surface area contributed by atoms with E-state index in [1.54, 1.807) is 0 Å². The minimum atomic E-state index is 0.667. The Bertz CT molecular complexity index is 95.1. The molecule has 0 aromatic rings. The number of nitrogens with zero attached hydrogens (tertiary/aromatic N) is 1. The lowest BCUT2D eigenvalue weighted by Crippen LogP contribution is -2.36. The predicted octanol–water partition coefficient (Wildman–Crippen LogP) is 0.343. The lowest BCUT2D eigenvalue weighted by molar-refractivity contribution is 0.234. The quantitative estimate of drug-likeness (QED) is 0.458. The van der Waals surface area contributed by atoms with Crippen LogP contribution in [0.5, 0.6) is 0 Å². The van der Waals surface area contributed by atoms with Crippen molar-refractivity contribution >= 4 is 0 Å². The molecule has 3 aliphatic rings. The van der Waals surface area contributed by atoms with Gasteiger partial charge in [-0.15, -0.1) is 0 Å². The molecule has 1 aliphatic carbocycles. The second kappa shape index (κ2) is 1.25. The van der Waals surface area contributed by atoms with Gasteiger partial charge in [0.2, 0.25) is 0 Å². The van der Waals surface area contributed by atoms with Crippen LogP contribution in [0.15, 0.2) is 0 Å². The van der Waals surface area contributed by atoms with Gasteiger partial charge in [-0.1, -0.05) is 0 Å². The average Bonchev–Trinajstić information content (AvgIpc) is 1.89. The van der Waals surface area contributed by atoms with Crippen molar-refractivity contribution in [3.05, 3.63) is 0 Å². The first-order chi connectivity index (χ1) is 3.79. The van der Waals surface area contributed by atoms with E-state index >= 15 is 0 Å². The molecule has 0 amide bonds. The number of hydrogen-bond acceptors (Lipinski definition) is 2. The Hall–Kier alpha value is -0.0800. The van der Waals surface area contributed by atoms with E-state index in [0.29, 0.717) is 6.04 Å². The van der Waals surface area contributed by atoms with Crippen molar-refractivity contribution in [2.75, 3.05) is 0 Å². The van der Waals surface area contributed by atoms with Crippen LogP contribution in [0.25, 0.3) is 0 Å². The Labute approximate surface area is 49.6 Å². The first kappa shape index (κ1) is 4.77. The molecule has 2 N–H and O–H groups in total. The Morgan fingerprint density at radius 1 is 1.50 bits per heavy atom. The van der Waals surface area contributed by atoms with Crippen molar-refractivity contribution in [1.82, 2.24) is 5.01 Å². The number of hydrogen-bond donors (Lipinski definition) is 1. The zero-order valence-electron chi connectivity index (χ0n) is 5.17. The SMILES string of the molecule is C[C@@H]1C2CC(C2)N1N. The van der Waals surface area contributed by atoms with Crippen molar-refractivity contribution in [2.24, 2.45) is 11.8 Å². The van der Waals surface area contributed by atoms with Gasteiger partial charge in [0.25, 0.3) is 0 Å². The largest absolute Gasteiger partial charge is 0.268 e. The van der Waals surface area contributed by atoms with Gasteiger partial charge in [0.1, 0.15) is 0 Å². The molecule has 3 rings (SSSR count). The van der Waals surface area contributed by atoms with Crippen LogP contribution in [0.3, 0.4) is 0 Å². The molecule has 0 radical (unpaired) electrons. The van der Waals surface area contributed by atoms with Crippen LogP contribution in [-0.2, 0) is 0 Å². The van der Waals surface area contributed by atoms with E-state index in [-0.39, 0.29) is 0 Å². The molecule has 2 saturated heterocycles. The highest BCUT2D eigenvalue weighted by molar-refractivity contribution is 4.99. The molecule has 46 valence electrons. The Balaban J connectivity index is 2.16. The van der Waals surface area contributed by atoms with E-state index in [0.717, 1.165) is 12.0 Å². The van der Waals surface area contributed by atoms with Crippen molar-refractivity contribution < 1.29 is 0 Å².